The number of amides is 2. The predicted molar refractivity (Wildman–Crippen MR) is 111 cm³/mol. The lowest BCUT2D eigenvalue weighted by Crippen LogP contribution is -2.44. The lowest BCUT2D eigenvalue weighted by atomic mass is 10.1. The Labute approximate surface area is 170 Å². The van der Waals surface area contributed by atoms with Crippen molar-refractivity contribution in [2.24, 2.45) is 0 Å². The van der Waals surface area contributed by atoms with Gasteiger partial charge in [0.1, 0.15) is 11.8 Å². The van der Waals surface area contributed by atoms with E-state index in [1.165, 1.54) is 0 Å². The molecule has 0 fully saturated rings. The van der Waals surface area contributed by atoms with E-state index in [-0.39, 0.29) is 6.42 Å². The number of rotatable bonds is 7. The molecule has 0 radical (unpaired) electrons. The van der Waals surface area contributed by atoms with E-state index in [0.717, 1.165) is 20.9 Å². The van der Waals surface area contributed by atoms with Crippen molar-refractivity contribution in [3.05, 3.63) is 58.7 Å². The SMILES string of the molecule is CCOc1cccc(NC(=O)NC(Cc2c[nH]c3cccc(Br)c23)C(=O)O)c1. The molecule has 3 aromatic rings. The zero-order valence-corrected chi connectivity index (χ0v) is 16.7. The number of ether oxygens (including phenoxy) is 1. The van der Waals surface area contributed by atoms with Gasteiger partial charge in [0.25, 0.3) is 0 Å². The van der Waals surface area contributed by atoms with Gasteiger partial charge in [0.05, 0.1) is 6.61 Å². The van der Waals surface area contributed by atoms with E-state index in [1.54, 1.807) is 30.5 Å². The van der Waals surface area contributed by atoms with Crippen LogP contribution in [0.1, 0.15) is 12.5 Å². The van der Waals surface area contributed by atoms with E-state index >= 15 is 0 Å². The number of H-pyrrole nitrogens is 1. The maximum Gasteiger partial charge on any atom is 0.326 e. The van der Waals surface area contributed by atoms with Gasteiger partial charge in [-0.25, -0.2) is 9.59 Å². The van der Waals surface area contributed by atoms with Crippen LogP contribution in [0, 0.1) is 0 Å². The summed E-state index contributed by atoms with van der Waals surface area (Å²) in [5.41, 5.74) is 2.21. The van der Waals surface area contributed by atoms with Gasteiger partial charge in [-0.15, -0.1) is 0 Å². The van der Waals surface area contributed by atoms with Crippen LogP contribution < -0.4 is 15.4 Å². The van der Waals surface area contributed by atoms with Gasteiger partial charge in [0, 0.05) is 39.7 Å². The maximum atomic E-state index is 12.3. The molecular weight excluding hydrogens is 426 g/mol. The summed E-state index contributed by atoms with van der Waals surface area (Å²) >= 11 is 3.49. The minimum atomic E-state index is -1.11. The number of carbonyl (C=O) groups is 2. The topological polar surface area (TPSA) is 103 Å². The van der Waals surface area contributed by atoms with Crippen LogP contribution in [-0.2, 0) is 11.2 Å². The normalized spacial score (nSPS) is 11.8. The number of hydrogen-bond acceptors (Lipinski definition) is 3. The van der Waals surface area contributed by atoms with Gasteiger partial charge < -0.3 is 25.5 Å². The van der Waals surface area contributed by atoms with Gasteiger partial charge in [-0.05, 0) is 36.8 Å². The summed E-state index contributed by atoms with van der Waals surface area (Å²) in [6, 6.07) is 10.9. The number of urea groups is 1. The highest BCUT2D eigenvalue weighted by atomic mass is 79.9. The average Bonchev–Trinajstić information content (AvgIpc) is 3.06. The summed E-state index contributed by atoms with van der Waals surface area (Å²) in [4.78, 5) is 27.1. The highest BCUT2D eigenvalue weighted by Gasteiger charge is 2.22. The number of nitrogens with one attached hydrogen (secondary N) is 3. The lowest BCUT2D eigenvalue weighted by molar-refractivity contribution is -0.139. The summed E-state index contributed by atoms with van der Waals surface area (Å²) in [5, 5.41) is 15.6. The molecule has 2 amide bonds. The van der Waals surface area contributed by atoms with E-state index in [0.29, 0.717) is 18.0 Å². The van der Waals surface area contributed by atoms with Gasteiger partial charge in [-0.3, -0.25) is 0 Å². The average molecular weight is 446 g/mol. The number of aromatic amines is 1. The molecule has 3 rings (SSSR count). The van der Waals surface area contributed by atoms with Crippen molar-refractivity contribution in [3.8, 4) is 5.75 Å². The Bertz CT molecular complexity index is 1000. The smallest absolute Gasteiger partial charge is 0.326 e. The molecule has 8 heteroatoms. The van der Waals surface area contributed by atoms with Crippen molar-refractivity contribution in [2.45, 2.75) is 19.4 Å². The number of fused-ring (bicyclic) bond motifs is 1. The van der Waals surface area contributed by atoms with Crippen LogP contribution in [-0.4, -0.2) is 34.7 Å². The molecule has 4 N–H and O–H groups in total. The fourth-order valence-corrected chi connectivity index (χ4v) is 3.57. The molecule has 0 spiro atoms. The monoisotopic (exact) mass is 445 g/mol. The standard InChI is InChI=1S/C20H20BrN3O4/c1-2-28-14-6-3-5-13(10-14)23-20(27)24-17(19(25)26)9-12-11-22-16-8-4-7-15(21)18(12)16/h3-8,10-11,17,22H,2,9H2,1H3,(H,25,26)(H2,23,24,27). The van der Waals surface area contributed by atoms with Gasteiger partial charge in [-0.1, -0.05) is 28.1 Å². The lowest BCUT2D eigenvalue weighted by Gasteiger charge is -2.15. The van der Waals surface area contributed by atoms with Crippen LogP contribution in [0.4, 0.5) is 10.5 Å². The van der Waals surface area contributed by atoms with Crippen LogP contribution in [0.3, 0.4) is 0 Å². The van der Waals surface area contributed by atoms with Crippen molar-refractivity contribution in [2.75, 3.05) is 11.9 Å². The number of carboxylic acids is 1. The molecule has 1 atom stereocenters. The molecule has 0 aliphatic carbocycles. The van der Waals surface area contributed by atoms with E-state index < -0.39 is 18.0 Å². The van der Waals surface area contributed by atoms with Gasteiger partial charge in [-0.2, -0.15) is 0 Å². The molecule has 0 saturated heterocycles. The minimum Gasteiger partial charge on any atom is -0.494 e. The minimum absolute atomic E-state index is 0.143. The van der Waals surface area contributed by atoms with Gasteiger partial charge >= 0.3 is 12.0 Å². The van der Waals surface area contributed by atoms with Crippen molar-refractivity contribution in [1.82, 2.24) is 10.3 Å². The highest BCUT2D eigenvalue weighted by molar-refractivity contribution is 9.10. The fraction of sp³-hybridized carbons (Fsp3) is 0.200. The van der Waals surface area contributed by atoms with Crippen LogP contribution in [0.5, 0.6) is 5.75 Å². The number of anilines is 1. The second-order valence-electron chi connectivity index (χ2n) is 6.13. The van der Waals surface area contributed by atoms with Crippen LogP contribution >= 0.6 is 15.9 Å². The van der Waals surface area contributed by atoms with Crippen LogP contribution in [0.15, 0.2) is 53.1 Å². The fourth-order valence-electron chi connectivity index (χ4n) is 2.94. The molecule has 146 valence electrons. The van der Waals surface area contributed by atoms with Crippen molar-refractivity contribution < 1.29 is 19.4 Å². The number of benzene rings is 2. The zero-order valence-electron chi connectivity index (χ0n) is 15.2. The predicted octanol–water partition coefficient (Wildman–Crippen LogP) is 4.15. The Morgan fingerprint density at radius 2 is 2.04 bits per heavy atom. The molecule has 0 aliphatic heterocycles. The van der Waals surface area contributed by atoms with Crippen molar-refractivity contribution >= 4 is 44.5 Å². The number of aromatic nitrogens is 1. The Morgan fingerprint density at radius 3 is 2.79 bits per heavy atom. The molecule has 1 aromatic heterocycles. The molecular formula is C20H20BrN3O4. The third-order valence-corrected chi connectivity index (χ3v) is 4.83. The number of carbonyl (C=O) groups excluding carboxylic acids is 1. The first-order valence-electron chi connectivity index (χ1n) is 8.75. The van der Waals surface area contributed by atoms with Crippen molar-refractivity contribution in [3.63, 3.8) is 0 Å². The summed E-state index contributed by atoms with van der Waals surface area (Å²) in [6.07, 6.45) is 1.90. The number of carboxylic acid groups (broad SMARTS) is 1. The largest absolute Gasteiger partial charge is 0.494 e. The van der Waals surface area contributed by atoms with E-state index in [9.17, 15) is 14.7 Å². The summed E-state index contributed by atoms with van der Waals surface area (Å²) < 4.78 is 6.26. The molecule has 28 heavy (non-hydrogen) atoms. The number of aliphatic carboxylic acids is 1. The third-order valence-electron chi connectivity index (χ3n) is 4.17. The van der Waals surface area contributed by atoms with Crippen LogP contribution in [0.25, 0.3) is 10.9 Å². The Kier molecular flexibility index (Phi) is 6.20. The molecule has 1 unspecified atom stereocenters. The number of halogens is 1. The van der Waals surface area contributed by atoms with E-state index in [1.807, 2.05) is 25.1 Å². The van der Waals surface area contributed by atoms with E-state index in [4.69, 9.17) is 4.74 Å². The molecule has 0 aliphatic rings. The maximum absolute atomic E-state index is 12.3. The van der Waals surface area contributed by atoms with Gasteiger partial charge in [0.15, 0.2) is 0 Å². The Hall–Kier alpha value is -3.00. The van der Waals surface area contributed by atoms with Crippen molar-refractivity contribution in [1.29, 1.82) is 0 Å². The first-order valence-corrected chi connectivity index (χ1v) is 9.55. The second kappa shape index (κ2) is 8.79. The third kappa shape index (κ3) is 4.64. The molecule has 7 nitrogen and oxygen atoms in total. The van der Waals surface area contributed by atoms with Crippen LogP contribution in [0.2, 0.25) is 0 Å². The highest BCUT2D eigenvalue weighted by Crippen LogP contribution is 2.27. The quantitative estimate of drug-likeness (QED) is 0.438. The molecule has 0 bridgehead atoms. The first kappa shape index (κ1) is 19.8. The zero-order chi connectivity index (χ0) is 20.1. The Balaban J connectivity index is 1.71. The Morgan fingerprint density at radius 1 is 1.25 bits per heavy atom. The summed E-state index contributed by atoms with van der Waals surface area (Å²) in [7, 11) is 0. The van der Waals surface area contributed by atoms with Gasteiger partial charge in [0.2, 0.25) is 0 Å². The molecule has 2 aromatic carbocycles. The first-order chi connectivity index (χ1) is 13.5. The molecule has 1 heterocycles. The molecule has 0 saturated carbocycles. The van der Waals surface area contributed by atoms with E-state index in [2.05, 4.69) is 31.5 Å². The number of hydrogen-bond donors (Lipinski definition) is 4. The second-order valence-corrected chi connectivity index (χ2v) is 6.98. The summed E-state index contributed by atoms with van der Waals surface area (Å²) in [5.74, 6) is -0.488. The summed E-state index contributed by atoms with van der Waals surface area (Å²) in [6.45, 7) is 2.38.